The van der Waals surface area contributed by atoms with Gasteiger partial charge in [-0.3, -0.25) is 0 Å². The molecule has 1 heteroatoms. The molecule has 0 aliphatic heterocycles. The highest BCUT2D eigenvalue weighted by Gasteiger charge is 2.52. The zero-order chi connectivity index (χ0) is 34.6. The third kappa shape index (κ3) is 4.04. The van der Waals surface area contributed by atoms with Crippen LogP contribution in [0.25, 0.3) is 33.4 Å². The minimum absolute atomic E-state index is 0.0384. The summed E-state index contributed by atoms with van der Waals surface area (Å²) in [6.07, 6.45) is 1.02. The van der Waals surface area contributed by atoms with Gasteiger partial charge in [-0.15, -0.1) is 0 Å². The molecule has 0 saturated heterocycles. The molecule has 0 heterocycles. The van der Waals surface area contributed by atoms with Gasteiger partial charge in [0.2, 0.25) is 0 Å². The normalized spacial score (nSPS) is 14.8. The van der Waals surface area contributed by atoms with E-state index in [0.717, 1.165) is 6.42 Å². The summed E-state index contributed by atoms with van der Waals surface area (Å²) in [4.78, 5) is 2.48. The van der Waals surface area contributed by atoms with Crippen LogP contribution >= 0.6 is 0 Å². The molecule has 0 N–H and O–H groups in total. The summed E-state index contributed by atoms with van der Waals surface area (Å²) in [6, 6.07) is 55.8. The first kappa shape index (κ1) is 30.2. The number of rotatable bonds is 4. The van der Waals surface area contributed by atoms with Crippen molar-refractivity contribution in [1.82, 2.24) is 0 Å². The Balaban J connectivity index is 1.25. The van der Waals surface area contributed by atoms with E-state index in [9.17, 15) is 0 Å². The topological polar surface area (TPSA) is 3.24 Å². The molecule has 0 aromatic heterocycles. The molecule has 0 atom stereocenters. The summed E-state index contributed by atoms with van der Waals surface area (Å²) in [5.41, 5.74) is 23.3. The predicted octanol–water partition coefficient (Wildman–Crippen LogP) is 13.0. The molecule has 0 fully saturated rings. The largest absolute Gasteiger partial charge is 0.310 e. The number of fused-ring (bicyclic) bond motifs is 13. The number of benzene rings is 7. The molecule has 0 radical (unpaired) electrons. The van der Waals surface area contributed by atoms with Crippen LogP contribution in [-0.2, 0) is 17.3 Å². The van der Waals surface area contributed by atoms with Crippen molar-refractivity contribution < 1.29 is 0 Å². The minimum Gasteiger partial charge on any atom is -0.310 e. The molecule has 0 amide bonds. The van der Waals surface area contributed by atoms with Crippen molar-refractivity contribution in [2.24, 2.45) is 0 Å². The van der Waals surface area contributed by atoms with Crippen LogP contribution in [0.1, 0.15) is 70.8 Å². The monoisotopic (exact) mass is 655 g/mol. The average molecular weight is 656 g/mol. The first-order valence-corrected chi connectivity index (χ1v) is 18.4. The lowest BCUT2D eigenvalue weighted by Gasteiger charge is -2.32. The second kappa shape index (κ2) is 10.7. The molecular weight excluding hydrogens is 615 g/mol. The third-order valence-corrected chi connectivity index (χ3v) is 12.2. The Labute approximate surface area is 301 Å². The molecule has 0 unspecified atom stereocenters. The first-order valence-electron chi connectivity index (χ1n) is 18.4. The highest BCUT2D eigenvalue weighted by Crippen LogP contribution is 2.63. The lowest BCUT2D eigenvalue weighted by molar-refractivity contribution is 0.660. The van der Waals surface area contributed by atoms with E-state index in [-0.39, 0.29) is 5.41 Å². The van der Waals surface area contributed by atoms with Crippen LogP contribution < -0.4 is 4.90 Å². The van der Waals surface area contributed by atoms with Crippen molar-refractivity contribution in [3.05, 3.63) is 196 Å². The molecule has 51 heavy (non-hydrogen) atoms. The predicted molar refractivity (Wildman–Crippen MR) is 214 cm³/mol. The summed E-state index contributed by atoms with van der Waals surface area (Å²) in [7, 11) is 0. The molecule has 1 spiro atoms. The fraction of sp³-hybridized carbons (Fsp3) is 0.160. The van der Waals surface area contributed by atoms with E-state index >= 15 is 0 Å². The lowest BCUT2D eigenvalue weighted by Crippen LogP contribution is -2.26. The maximum absolute atomic E-state index is 2.51. The van der Waals surface area contributed by atoms with Gasteiger partial charge in [-0.05, 0) is 129 Å². The van der Waals surface area contributed by atoms with Gasteiger partial charge in [-0.2, -0.15) is 0 Å². The SMILES string of the molecule is CCc1ccc(N(c2ccc3c(c2)-c2ccccc2C3(C)C)c2ccc3c(c2)C2(c4ccccc4-3)c3cc(C)ccc3-c3ccc(C)cc32)cc1. The molecule has 7 aromatic rings. The highest BCUT2D eigenvalue weighted by atomic mass is 15.1. The second-order valence-electron chi connectivity index (χ2n) is 15.4. The highest BCUT2D eigenvalue weighted by molar-refractivity contribution is 5.97. The van der Waals surface area contributed by atoms with Gasteiger partial charge in [-0.1, -0.05) is 141 Å². The van der Waals surface area contributed by atoms with E-state index in [4.69, 9.17) is 0 Å². The van der Waals surface area contributed by atoms with Crippen LogP contribution in [0.4, 0.5) is 17.1 Å². The van der Waals surface area contributed by atoms with Crippen molar-refractivity contribution in [3.8, 4) is 33.4 Å². The molecule has 246 valence electrons. The molecule has 10 rings (SSSR count). The van der Waals surface area contributed by atoms with Gasteiger partial charge in [0, 0.05) is 22.5 Å². The smallest absolute Gasteiger partial charge is 0.0726 e. The average Bonchev–Trinajstić information content (AvgIpc) is 3.69. The Morgan fingerprint density at radius 3 is 1.53 bits per heavy atom. The van der Waals surface area contributed by atoms with Crippen LogP contribution in [0.3, 0.4) is 0 Å². The standard InChI is InChI=1S/C50H41N/c1-6-33-17-19-34(20-18-33)51(35-22-26-44-42(29-35)38-12-7-9-13-43(38)49(44,4)5)36-21-25-41-37-11-8-10-14-45(37)50(48(41)30-36)46-27-31(2)15-23-39(46)40-24-16-32(3)28-47(40)50/h7-30H,6H2,1-5H3. The van der Waals surface area contributed by atoms with Gasteiger partial charge in [-0.25, -0.2) is 0 Å². The summed E-state index contributed by atoms with van der Waals surface area (Å²) < 4.78 is 0. The Kier molecular flexibility index (Phi) is 6.32. The third-order valence-electron chi connectivity index (χ3n) is 12.2. The zero-order valence-corrected chi connectivity index (χ0v) is 30.0. The van der Waals surface area contributed by atoms with Crippen LogP contribution in [0.15, 0.2) is 146 Å². The van der Waals surface area contributed by atoms with Crippen LogP contribution in [0, 0.1) is 13.8 Å². The molecule has 3 aliphatic carbocycles. The molecule has 1 nitrogen and oxygen atoms in total. The van der Waals surface area contributed by atoms with Crippen molar-refractivity contribution in [3.63, 3.8) is 0 Å². The minimum atomic E-state index is -0.400. The maximum atomic E-state index is 2.51. The number of aryl methyl sites for hydroxylation is 3. The molecule has 3 aliphatic rings. The Morgan fingerprint density at radius 1 is 0.412 bits per heavy atom. The van der Waals surface area contributed by atoms with Gasteiger partial charge in [0.15, 0.2) is 0 Å². The van der Waals surface area contributed by atoms with E-state index in [1.54, 1.807) is 0 Å². The number of anilines is 3. The van der Waals surface area contributed by atoms with Gasteiger partial charge >= 0.3 is 0 Å². The zero-order valence-electron chi connectivity index (χ0n) is 30.0. The Morgan fingerprint density at radius 2 is 0.882 bits per heavy atom. The number of hydrogen-bond acceptors (Lipinski definition) is 1. The van der Waals surface area contributed by atoms with Gasteiger partial charge in [0.05, 0.1) is 5.41 Å². The summed E-state index contributed by atoms with van der Waals surface area (Å²) in [6.45, 7) is 11.4. The Bertz CT molecular complexity index is 2510. The van der Waals surface area contributed by atoms with Gasteiger partial charge < -0.3 is 4.90 Å². The van der Waals surface area contributed by atoms with E-state index in [1.165, 1.54) is 101 Å². The molecule has 0 bridgehead atoms. The van der Waals surface area contributed by atoms with Crippen molar-refractivity contribution >= 4 is 17.1 Å². The summed E-state index contributed by atoms with van der Waals surface area (Å²) in [5, 5.41) is 0. The van der Waals surface area contributed by atoms with Crippen molar-refractivity contribution in [1.29, 1.82) is 0 Å². The van der Waals surface area contributed by atoms with Crippen LogP contribution in [0.2, 0.25) is 0 Å². The summed E-state index contributed by atoms with van der Waals surface area (Å²) >= 11 is 0. The van der Waals surface area contributed by atoms with E-state index in [1.807, 2.05) is 0 Å². The first-order chi connectivity index (χ1) is 24.8. The van der Waals surface area contributed by atoms with Crippen molar-refractivity contribution in [2.75, 3.05) is 4.90 Å². The van der Waals surface area contributed by atoms with Gasteiger partial charge in [0.1, 0.15) is 0 Å². The van der Waals surface area contributed by atoms with Gasteiger partial charge in [0.25, 0.3) is 0 Å². The summed E-state index contributed by atoms with van der Waals surface area (Å²) in [5.74, 6) is 0. The molecular formula is C50H41N. The number of hydrogen-bond donors (Lipinski definition) is 0. The van der Waals surface area contributed by atoms with Crippen LogP contribution in [0.5, 0.6) is 0 Å². The molecule has 7 aromatic carbocycles. The van der Waals surface area contributed by atoms with E-state index in [2.05, 4.69) is 185 Å². The fourth-order valence-electron chi connectivity index (χ4n) is 9.71. The Hall–Kier alpha value is -5.66. The molecule has 0 saturated carbocycles. The quantitative estimate of drug-likeness (QED) is 0.182. The van der Waals surface area contributed by atoms with Crippen LogP contribution in [-0.4, -0.2) is 0 Å². The van der Waals surface area contributed by atoms with Crippen molar-refractivity contribution in [2.45, 2.75) is 51.9 Å². The lowest BCUT2D eigenvalue weighted by atomic mass is 9.70. The maximum Gasteiger partial charge on any atom is 0.0726 e. The van der Waals surface area contributed by atoms with E-state index in [0.29, 0.717) is 0 Å². The van der Waals surface area contributed by atoms with E-state index < -0.39 is 5.41 Å². The fourth-order valence-corrected chi connectivity index (χ4v) is 9.71. The number of nitrogens with zero attached hydrogens (tertiary/aromatic N) is 1. The second-order valence-corrected chi connectivity index (χ2v) is 15.4.